The number of nitrogens with two attached hydrogens (primary N) is 1. The Morgan fingerprint density at radius 2 is 1.39 bits per heavy atom. The van der Waals surface area contributed by atoms with E-state index in [9.17, 15) is 31.1 Å². The number of quaternary nitrogens is 1. The van der Waals surface area contributed by atoms with E-state index in [2.05, 4.69) is 56.7 Å². The number of amides is 1. The molecule has 2 aromatic carbocycles. The molecular weight excluding hydrogens is 670 g/mol. The van der Waals surface area contributed by atoms with Crippen molar-refractivity contribution in [1.29, 1.82) is 0 Å². The summed E-state index contributed by atoms with van der Waals surface area (Å²) in [5.74, 6) is -1.87. The molecule has 0 aromatic heterocycles. The largest absolute Gasteiger partial charge is 0.484 e. The van der Waals surface area contributed by atoms with E-state index < -0.39 is 18.7 Å². The van der Waals surface area contributed by atoms with E-state index in [4.69, 9.17) is 9.47 Å². The molecule has 1 amide bonds. The number of hydrogen-bond acceptors (Lipinski definition) is 3. The molecule has 0 bridgehead atoms. The first-order valence-electron chi connectivity index (χ1n) is 16.3. The zero-order valence-corrected chi connectivity index (χ0v) is 29.5. The molecule has 0 radical (unpaired) electrons. The highest BCUT2D eigenvalue weighted by atomic mass is 19.4. The molecule has 11 heteroatoms. The van der Waals surface area contributed by atoms with Crippen molar-refractivity contribution in [3.63, 3.8) is 0 Å². The molecule has 1 atom stereocenters. The number of halogens is 6. The van der Waals surface area contributed by atoms with Crippen molar-refractivity contribution in [3.05, 3.63) is 65.5 Å². The van der Waals surface area contributed by atoms with Gasteiger partial charge in [0.2, 0.25) is 12.3 Å². The maximum Gasteiger partial charge on any atom is 0.422 e. The lowest BCUT2D eigenvalue weighted by Crippen LogP contribution is -2.81. The third-order valence-electron chi connectivity index (χ3n) is 7.32. The van der Waals surface area contributed by atoms with Crippen molar-refractivity contribution in [2.24, 2.45) is 0 Å². The molecule has 2 heterocycles. The van der Waals surface area contributed by atoms with Gasteiger partial charge in [0.15, 0.2) is 6.61 Å². The maximum absolute atomic E-state index is 12.3. The van der Waals surface area contributed by atoms with Crippen molar-refractivity contribution < 1.29 is 45.9 Å². The number of hydrogen-bond donors (Lipinski definition) is 1. The lowest BCUT2D eigenvalue weighted by Gasteiger charge is -2.21. The second-order valence-corrected chi connectivity index (χ2v) is 10.9. The van der Waals surface area contributed by atoms with Gasteiger partial charge in [0.05, 0.1) is 19.7 Å². The first kappa shape index (κ1) is 50.8. The highest BCUT2D eigenvalue weighted by Gasteiger charge is 2.31. The average Bonchev–Trinajstić information content (AvgIpc) is 3.71. The van der Waals surface area contributed by atoms with Crippen LogP contribution in [0.5, 0.6) is 5.75 Å². The van der Waals surface area contributed by atoms with Gasteiger partial charge in [-0.1, -0.05) is 36.8 Å². The van der Waals surface area contributed by atoms with Crippen LogP contribution in [0.3, 0.4) is 0 Å². The van der Waals surface area contributed by atoms with Gasteiger partial charge in [-0.25, -0.2) is 13.2 Å². The van der Waals surface area contributed by atoms with Crippen LogP contribution >= 0.6 is 0 Å². The van der Waals surface area contributed by atoms with Gasteiger partial charge in [-0.15, -0.1) is 51.4 Å². The van der Waals surface area contributed by atoms with Crippen molar-refractivity contribution >= 4 is 6.41 Å². The van der Waals surface area contributed by atoms with Gasteiger partial charge in [0, 0.05) is 50.9 Å². The van der Waals surface area contributed by atoms with E-state index in [1.54, 1.807) is 30.3 Å². The molecular formula is C40H53F6N2O3+. The minimum atomic E-state index is -4.33. The number of alkyl halides is 5. The number of methoxy groups -OCH3 is 1. The summed E-state index contributed by atoms with van der Waals surface area (Å²) >= 11 is 0. The molecule has 282 valence electrons. The van der Waals surface area contributed by atoms with Crippen LogP contribution in [0.25, 0.3) is 0 Å². The van der Waals surface area contributed by atoms with Crippen LogP contribution in [-0.2, 0) is 16.1 Å². The van der Waals surface area contributed by atoms with Crippen LogP contribution < -0.4 is 10.1 Å². The molecule has 5 nitrogen and oxygen atoms in total. The number of rotatable bonds is 6. The summed E-state index contributed by atoms with van der Waals surface area (Å²) in [6.07, 6.45) is 36.0. The number of carbonyl (C=O) groups excluding carboxylic acids is 1. The van der Waals surface area contributed by atoms with Gasteiger partial charge in [-0.3, -0.25) is 4.79 Å². The zero-order valence-electron chi connectivity index (χ0n) is 29.5. The van der Waals surface area contributed by atoms with Crippen LogP contribution in [0, 0.1) is 57.2 Å². The molecule has 0 spiro atoms. The van der Waals surface area contributed by atoms with Crippen LogP contribution in [0.1, 0.15) is 74.8 Å². The van der Waals surface area contributed by atoms with Crippen molar-refractivity contribution in [2.45, 2.75) is 82.4 Å². The fraction of sp³-hybridized carbons (Fsp3) is 0.475. The lowest BCUT2D eigenvalue weighted by molar-refractivity contribution is -0.636. The van der Waals surface area contributed by atoms with Crippen molar-refractivity contribution in [2.75, 3.05) is 39.9 Å². The lowest BCUT2D eigenvalue weighted by atomic mass is 9.93. The summed E-state index contributed by atoms with van der Waals surface area (Å²) in [5.41, 5.74) is 1.78. The van der Waals surface area contributed by atoms with E-state index >= 15 is 0 Å². The van der Waals surface area contributed by atoms with Gasteiger partial charge >= 0.3 is 6.18 Å². The minimum absolute atomic E-state index is 0.118. The van der Waals surface area contributed by atoms with Crippen molar-refractivity contribution in [3.8, 4) is 57.1 Å². The van der Waals surface area contributed by atoms with E-state index in [-0.39, 0.29) is 31.0 Å². The van der Waals surface area contributed by atoms with E-state index in [0.717, 1.165) is 56.6 Å². The standard InChI is InChI=1S/C14H18F3NO2.C6H10F2.C6H5F.C6H11NO.4C2H2/c1-19-8-12-11(10-5-6-18-7-10)3-2-4-13(12)20-9-14(15,16)17;7-6(8)4-2-1-3-5-6;7-6-4-2-1-3-5-6;8-6-7-4-2-1-3-5-7;4*1-2/h2-4,10,18H,5-9H2,1H3;1-5H2;1-5H;6H,1-5H2;4*1-2H/p+1/t10-;;;;;;;/m0......./s1. The van der Waals surface area contributed by atoms with Crippen LogP contribution in [-0.4, -0.2) is 63.3 Å². The molecule has 1 aliphatic carbocycles. The summed E-state index contributed by atoms with van der Waals surface area (Å²) in [4.78, 5) is 11.9. The molecule has 2 aromatic rings. The molecule has 2 aliphatic heterocycles. The molecule has 2 N–H and O–H groups in total. The van der Waals surface area contributed by atoms with Crippen LogP contribution in [0.2, 0.25) is 0 Å². The number of likely N-dealkylation sites (tertiary alicyclic amines) is 1. The monoisotopic (exact) mass is 723 g/mol. The van der Waals surface area contributed by atoms with Crippen LogP contribution in [0.4, 0.5) is 26.3 Å². The Morgan fingerprint density at radius 3 is 1.76 bits per heavy atom. The summed E-state index contributed by atoms with van der Waals surface area (Å²) in [6.45, 7) is 2.95. The Bertz CT molecular complexity index is 1170. The van der Waals surface area contributed by atoms with E-state index in [1.165, 1.54) is 38.5 Å². The summed E-state index contributed by atoms with van der Waals surface area (Å²) in [6, 6.07) is 13.2. The molecule has 0 unspecified atom stereocenters. The fourth-order valence-corrected chi connectivity index (χ4v) is 5.10. The molecule has 2 saturated heterocycles. The first-order chi connectivity index (χ1) is 24.5. The normalized spacial score (nSPS) is 16.5. The Balaban J connectivity index is -0.000000619. The third-order valence-corrected chi connectivity index (χ3v) is 7.32. The Kier molecular flexibility index (Phi) is 32.5. The minimum Gasteiger partial charge on any atom is -0.484 e. The average molecular weight is 724 g/mol. The topological polar surface area (TPSA) is 55.4 Å². The third kappa shape index (κ3) is 26.0. The Morgan fingerprint density at radius 1 is 0.843 bits per heavy atom. The summed E-state index contributed by atoms with van der Waals surface area (Å²) in [7, 11) is 1.53. The second kappa shape index (κ2) is 32.6. The predicted octanol–water partition coefficient (Wildman–Crippen LogP) is 7.86. The molecule has 1 saturated carbocycles. The number of piperidine rings is 1. The molecule has 5 rings (SSSR count). The smallest absolute Gasteiger partial charge is 0.422 e. The summed E-state index contributed by atoms with van der Waals surface area (Å²) < 4.78 is 83.3. The highest BCUT2D eigenvalue weighted by Crippen LogP contribution is 2.33. The first-order valence-corrected chi connectivity index (χ1v) is 16.3. The van der Waals surface area contributed by atoms with E-state index in [1.807, 2.05) is 11.0 Å². The van der Waals surface area contributed by atoms with Crippen LogP contribution in [0.15, 0.2) is 48.5 Å². The molecule has 51 heavy (non-hydrogen) atoms. The van der Waals surface area contributed by atoms with Crippen molar-refractivity contribution in [1.82, 2.24) is 4.90 Å². The SMILES string of the molecule is C#C.C#C.C#C.C#C.COCc1c(OCC(F)(F)F)cccc1[C@H]1CC[NH2+]C1.FC1(F)CCCCC1.Fc1ccccc1.O=CN1CCCCC1. The molecule has 3 fully saturated rings. The quantitative estimate of drug-likeness (QED) is 0.188. The highest BCUT2D eigenvalue weighted by molar-refractivity contribution is 5.47. The maximum atomic E-state index is 12.3. The predicted molar refractivity (Wildman–Crippen MR) is 193 cm³/mol. The van der Waals surface area contributed by atoms with Gasteiger partial charge in [-0.05, 0) is 55.9 Å². The number of nitrogens with zero attached hydrogens (tertiary/aromatic N) is 1. The van der Waals surface area contributed by atoms with Gasteiger partial charge in [-0.2, -0.15) is 13.2 Å². The Hall–Kier alpha value is -4.55. The zero-order chi connectivity index (χ0) is 39.6. The summed E-state index contributed by atoms with van der Waals surface area (Å²) in [5, 5.41) is 2.21. The number of ether oxygens (including phenoxy) is 2. The van der Waals surface area contributed by atoms with Gasteiger partial charge < -0.3 is 19.7 Å². The Labute approximate surface area is 301 Å². The number of carbonyl (C=O) groups is 1. The number of benzene rings is 2. The molecule has 3 aliphatic rings. The fourth-order valence-electron chi connectivity index (χ4n) is 5.10. The number of terminal acetylenes is 4. The van der Waals surface area contributed by atoms with Gasteiger partial charge in [0.1, 0.15) is 11.6 Å². The van der Waals surface area contributed by atoms with Gasteiger partial charge in [0.25, 0.3) is 0 Å². The second-order valence-electron chi connectivity index (χ2n) is 10.9. The van der Waals surface area contributed by atoms with E-state index in [0.29, 0.717) is 18.8 Å².